The number of carbonyl (C=O) groups is 1. The number of hydrazone groups is 1. The van der Waals surface area contributed by atoms with Gasteiger partial charge in [0, 0.05) is 16.0 Å². The minimum absolute atomic E-state index is 0.0683. The molecule has 3 nitrogen and oxygen atoms in total. The Hall–Kier alpha value is -1.16. The Morgan fingerprint density at radius 1 is 1.56 bits per heavy atom. The molecule has 1 N–H and O–H groups in total. The number of nitrogens with one attached hydrogen (secondary N) is 1. The van der Waals surface area contributed by atoms with Crippen LogP contribution in [-0.4, -0.2) is 11.6 Å². The van der Waals surface area contributed by atoms with Crippen molar-refractivity contribution in [1.82, 2.24) is 5.43 Å². The van der Waals surface area contributed by atoms with Crippen LogP contribution >= 0.6 is 11.3 Å². The van der Waals surface area contributed by atoms with Crippen molar-refractivity contribution in [3.8, 4) is 0 Å². The molecule has 0 aromatic carbocycles. The molecule has 2 atom stereocenters. The number of nitrogens with zero attached hydrogens (tertiary/aromatic N) is 1. The summed E-state index contributed by atoms with van der Waals surface area (Å²) in [5.74, 6) is 1.41. The van der Waals surface area contributed by atoms with Gasteiger partial charge in [0.25, 0.3) is 5.91 Å². The summed E-state index contributed by atoms with van der Waals surface area (Å²) in [7, 11) is 0. The van der Waals surface area contributed by atoms with Crippen molar-refractivity contribution in [2.24, 2.45) is 16.9 Å². The Balaban J connectivity index is 1.63. The third-order valence-corrected chi connectivity index (χ3v) is 5.16. The SMILES string of the molecule is CCc1cc(C(=O)N/N=C2\CC3CCC2C3)cs1. The Morgan fingerprint density at radius 3 is 3.06 bits per heavy atom. The second-order valence-corrected chi connectivity index (χ2v) is 6.28. The minimum atomic E-state index is -0.0683. The van der Waals surface area contributed by atoms with E-state index in [0.717, 1.165) is 24.3 Å². The zero-order valence-electron chi connectivity index (χ0n) is 10.6. The van der Waals surface area contributed by atoms with Crippen LogP contribution in [0.1, 0.15) is 47.8 Å². The molecule has 96 valence electrons. The van der Waals surface area contributed by atoms with Crippen molar-refractivity contribution >= 4 is 23.0 Å². The number of carbonyl (C=O) groups excluding carboxylic acids is 1. The van der Waals surface area contributed by atoms with Crippen LogP contribution in [0.4, 0.5) is 0 Å². The fourth-order valence-corrected chi connectivity index (χ4v) is 3.85. The van der Waals surface area contributed by atoms with E-state index in [0.29, 0.717) is 5.92 Å². The number of aryl methyl sites for hydroxylation is 1. The van der Waals surface area contributed by atoms with Crippen LogP contribution in [-0.2, 0) is 6.42 Å². The summed E-state index contributed by atoms with van der Waals surface area (Å²) < 4.78 is 0. The van der Waals surface area contributed by atoms with E-state index in [-0.39, 0.29) is 5.91 Å². The van der Waals surface area contributed by atoms with E-state index in [1.54, 1.807) is 11.3 Å². The lowest BCUT2D eigenvalue weighted by atomic mass is 9.99. The molecule has 0 radical (unpaired) electrons. The highest BCUT2D eigenvalue weighted by Gasteiger charge is 2.36. The molecule has 2 bridgehead atoms. The van der Waals surface area contributed by atoms with E-state index >= 15 is 0 Å². The van der Waals surface area contributed by atoms with Gasteiger partial charge >= 0.3 is 0 Å². The smallest absolute Gasteiger partial charge is 0.267 e. The zero-order chi connectivity index (χ0) is 12.5. The van der Waals surface area contributed by atoms with E-state index in [4.69, 9.17) is 0 Å². The number of rotatable bonds is 3. The number of hydrogen-bond donors (Lipinski definition) is 1. The Morgan fingerprint density at radius 2 is 2.44 bits per heavy atom. The molecule has 1 heterocycles. The van der Waals surface area contributed by atoms with E-state index in [1.807, 2.05) is 11.4 Å². The van der Waals surface area contributed by atoms with Crippen LogP contribution in [0.3, 0.4) is 0 Å². The maximum absolute atomic E-state index is 11.9. The van der Waals surface area contributed by atoms with E-state index in [1.165, 1.54) is 29.9 Å². The van der Waals surface area contributed by atoms with Crippen molar-refractivity contribution in [2.75, 3.05) is 0 Å². The quantitative estimate of drug-likeness (QED) is 0.835. The Bertz CT molecular complexity index is 492. The summed E-state index contributed by atoms with van der Waals surface area (Å²) in [4.78, 5) is 13.2. The van der Waals surface area contributed by atoms with Gasteiger partial charge in [-0.1, -0.05) is 6.92 Å². The molecule has 4 heteroatoms. The summed E-state index contributed by atoms with van der Waals surface area (Å²) >= 11 is 1.64. The maximum atomic E-state index is 11.9. The second-order valence-electron chi connectivity index (χ2n) is 5.28. The summed E-state index contributed by atoms with van der Waals surface area (Å²) in [6.07, 6.45) is 5.97. The van der Waals surface area contributed by atoms with Crippen molar-refractivity contribution in [1.29, 1.82) is 0 Å². The second kappa shape index (κ2) is 4.84. The van der Waals surface area contributed by atoms with Crippen molar-refractivity contribution in [3.63, 3.8) is 0 Å². The van der Waals surface area contributed by atoms with Gasteiger partial charge in [0.05, 0.1) is 5.56 Å². The predicted octanol–water partition coefficient (Wildman–Crippen LogP) is 3.22. The minimum Gasteiger partial charge on any atom is -0.267 e. The summed E-state index contributed by atoms with van der Waals surface area (Å²) in [5.41, 5.74) is 4.67. The molecule has 2 saturated carbocycles. The van der Waals surface area contributed by atoms with Crippen LogP contribution in [0, 0.1) is 11.8 Å². The molecule has 2 aliphatic rings. The Labute approximate surface area is 111 Å². The standard InChI is InChI=1S/C14H18N2OS/c1-2-12-7-11(8-18-12)14(17)16-15-13-6-9-3-4-10(13)5-9/h7-10H,2-6H2,1H3,(H,16,17)/b15-13+. The van der Waals surface area contributed by atoms with Crippen LogP contribution in [0.15, 0.2) is 16.5 Å². The average molecular weight is 262 g/mol. The fraction of sp³-hybridized carbons (Fsp3) is 0.571. The summed E-state index contributed by atoms with van der Waals surface area (Å²) in [5, 5.41) is 6.25. The van der Waals surface area contributed by atoms with Gasteiger partial charge < -0.3 is 0 Å². The molecule has 1 aromatic heterocycles. The fourth-order valence-electron chi connectivity index (χ4n) is 3.03. The lowest BCUT2D eigenvalue weighted by Gasteiger charge is -2.11. The molecule has 2 unspecified atom stereocenters. The highest BCUT2D eigenvalue weighted by molar-refractivity contribution is 7.10. The first-order valence-corrected chi connectivity index (χ1v) is 7.58. The van der Waals surface area contributed by atoms with Crippen LogP contribution in [0.5, 0.6) is 0 Å². The third-order valence-electron chi connectivity index (χ3n) is 4.08. The molecule has 1 aromatic rings. The molecular formula is C14H18N2OS. The molecule has 1 amide bonds. The summed E-state index contributed by atoms with van der Waals surface area (Å²) in [6, 6.07) is 1.96. The van der Waals surface area contributed by atoms with Gasteiger partial charge in [-0.15, -0.1) is 11.3 Å². The van der Waals surface area contributed by atoms with Crippen molar-refractivity contribution in [2.45, 2.75) is 39.0 Å². The molecule has 2 fully saturated rings. The largest absolute Gasteiger partial charge is 0.272 e. The lowest BCUT2D eigenvalue weighted by Crippen LogP contribution is -2.21. The highest BCUT2D eigenvalue weighted by atomic mass is 32.1. The molecule has 2 aliphatic carbocycles. The first kappa shape index (κ1) is 11.9. The van der Waals surface area contributed by atoms with Crippen LogP contribution in [0.2, 0.25) is 0 Å². The number of thiophene rings is 1. The van der Waals surface area contributed by atoms with Crippen molar-refractivity contribution < 1.29 is 4.79 Å². The van der Waals surface area contributed by atoms with Gasteiger partial charge in [-0.05, 0) is 50.0 Å². The lowest BCUT2D eigenvalue weighted by molar-refractivity contribution is 0.0955. The Kier molecular flexibility index (Phi) is 3.20. The highest BCUT2D eigenvalue weighted by Crippen LogP contribution is 2.42. The average Bonchev–Trinajstić information content (AvgIpc) is 3.10. The van der Waals surface area contributed by atoms with E-state index < -0.39 is 0 Å². The maximum Gasteiger partial charge on any atom is 0.272 e. The van der Waals surface area contributed by atoms with Crippen molar-refractivity contribution in [3.05, 3.63) is 21.9 Å². The summed E-state index contributed by atoms with van der Waals surface area (Å²) in [6.45, 7) is 2.10. The van der Waals surface area contributed by atoms with Gasteiger partial charge in [0.1, 0.15) is 0 Å². The monoisotopic (exact) mass is 262 g/mol. The van der Waals surface area contributed by atoms with Crippen LogP contribution in [0.25, 0.3) is 0 Å². The molecular weight excluding hydrogens is 244 g/mol. The first-order valence-electron chi connectivity index (χ1n) is 6.70. The number of fused-ring (bicyclic) bond motifs is 2. The normalized spacial score (nSPS) is 27.9. The topological polar surface area (TPSA) is 41.5 Å². The van der Waals surface area contributed by atoms with Gasteiger partial charge in [-0.2, -0.15) is 5.10 Å². The van der Waals surface area contributed by atoms with Gasteiger partial charge in [-0.3, -0.25) is 4.79 Å². The van der Waals surface area contributed by atoms with Gasteiger partial charge in [-0.25, -0.2) is 5.43 Å². The van der Waals surface area contributed by atoms with Gasteiger partial charge in [0.15, 0.2) is 0 Å². The number of hydrogen-bond acceptors (Lipinski definition) is 3. The van der Waals surface area contributed by atoms with E-state index in [9.17, 15) is 4.79 Å². The molecule has 0 spiro atoms. The zero-order valence-corrected chi connectivity index (χ0v) is 11.4. The molecule has 18 heavy (non-hydrogen) atoms. The molecule has 0 saturated heterocycles. The predicted molar refractivity (Wildman–Crippen MR) is 74.0 cm³/mol. The molecule has 3 rings (SSSR count). The van der Waals surface area contributed by atoms with Crippen LogP contribution < -0.4 is 5.43 Å². The molecule has 0 aliphatic heterocycles. The van der Waals surface area contributed by atoms with E-state index in [2.05, 4.69) is 17.5 Å². The number of amides is 1. The van der Waals surface area contributed by atoms with Gasteiger partial charge in [0.2, 0.25) is 0 Å². The first-order chi connectivity index (χ1) is 8.76. The third kappa shape index (κ3) is 2.21.